The number of benzene rings is 1. The predicted molar refractivity (Wildman–Crippen MR) is 75.3 cm³/mol. The lowest BCUT2D eigenvalue weighted by Crippen LogP contribution is -2.07. The highest BCUT2D eigenvalue weighted by molar-refractivity contribution is 7.99. The number of nitrogens with zero attached hydrogens (tertiary/aromatic N) is 4. The topological polar surface area (TPSA) is 63.8 Å². The largest absolute Gasteiger partial charge is 0.387 e. The van der Waals surface area contributed by atoms with Crippen LogP contribution in [-0.4, -0.2) is 31.1 Å². The number of aromatic nitrogens is 4. The third kappa shape index (κ3) is 3.46. The van der Waals surface area contributed by atoms with Crippen LogP contribution in [0.25, 0.3) is 0 Å². The molecular formula is C12H15ClN4OS. The van der Waals surface area contributed by atoms with Crippen molar-refractivity contribution in [1.29, 1.82) is 0 Å². The van der Waals surface area contributed by atoms with Crippen molar-refractivity contribution in [2.24, 2.45) is 0 Å². The maximum absolute atomic E-state index is 10.1. The first kappa shape index (κ1) is 14.3. The van der Waals surface area contributed by atoms with E-state index in [0.29, 0.717) is 15.9 Å². The molecule has 2 rings (SSSR count). The average Bonchev–Trinajstić information content (AvgIpc) is 2.85. The standard InChI is InChI=1S/C12H15ClN4OS/c1-8(2)17-12(14-15-16-17)19-7-11(18)9-5-3-4-6-10(9)13/h3-6,8,11,18H,7H2,1-2H3. The van der Waals surface area contributed by atoms with Gasteiger partial charge in [-0.2, -0.15) is 0 Å². The highest BCUT2D eigenvalue weighted by Gasteiger charge is 2.15. The molecule has 2 aromatic rings. The Labute approximate surface area is 121 Å². The molecule has 0 amide bonds. The summed E-state index contributed by atoms with van der Waals surface area (Å²) in [5.41, 5.74) is 0.722. The molecule has 102 valence electrons. The van der Waals surface area contributed by atoms with Crippen LogP contribution >= 0.6 is 23.4 Å². The molecule has 0 bridgehead atoms. The fourth-order valence-corrected chi connectivity index (χ4v) is 2.82. The number of halogens is 1. The van der Waals surface area contributed by atoms with Crippen molar-refractivity contribution in [2.75, 3.05) is 5.75 Å². The summed E-state index contributed by atoms with van der Waals surface area (Å²) in [4.78, 5) is 0. The van der Waals surface area contributed by atoms with Gasteiger partial charge >= 0.3 is 0 Å². The van der Waals surface area contributed by atoms with Crippen LogP contribution in [0.3, 0.4) is 0 Å². The second-order valence-corrected chi connectivity index (χ2v) is 5.74. The number of aliphatic hydroxyl groups is 1. The molecule has 1 aromatic heterocycles. The summed E-state index contributed by atoms with van der Waals surface area (Å²) in [7, 11) is 0. The maximum Gasteiger partial charge on any atom is 0.209 e. The lowest BCUT2D eigenvalue weighted by atomic mass is 10.1. The third-order valence-corrected chi connectivity index (χ3v) is 3.94. The molecule has 1 unspecified atom stereocenters. The molecule has 0 saturated heterocycles. The van der Waals surface area contributed by atoms with Crippen LogP contribution in [0.4, 0.5) is 0 Å². The smallest absolute Gasteiger partial charge is 0.209 e. The number of rotatable bonds is 5. The molecule has 0 aliphatic carbocycles. The minimum atomic E-state index is -0.643. The number of hydrogen-bond donors (Lipinski definition) is 1. The molecule has 0 radical (unpaired) electrons. The van der Waals surface area contributed by atoms with Gasteiger partial charge in [-0.05, 0) is 35.9 Å². The molecule has 7 heteroatoms. The van der Waals surface area contributed by atoms with E-state index in [2.05, 4.69) is 15.5 Å². The molecule has 0 fully saturated rings. The van der Waals surface area contributed by atoms with E-state index in [1.807, 2.05) is 32.0 Å². The van der Waals surface area contributed by atoms with Gasteiger partial charge in [-0.3, -0.25) is 0 Å². The van der Waals surface area contributed by atoms with E-state index in [-0.39, 0.29) is 6.04 Å². The third-order valence-electron chi connectivity index (χ3n) is 2.59. The second-order valence-electron chi connectivity index (χ2n) is 4.35. The summed E-state index contributed by atoms with van der Waals surface area (Å²) in [5.74, 6) is 0.455. The lowest BCUT2D eigenvalue weighted by Gasteiger charge is -2.12. The van der Waals surface area contributed by atoms with Crippen LogP contribution in [0.2, 0.25) is 5.02 Å². The Hall–Kier alpha value is -1.11. The summed E-state index contributed by atoms with van der Waals surface area (Å²) < 4.78 is 1.73. The molecule has 1 atom stereocenters. The van der Waals surface area contributed by atoms with E-state index in [9.17, 15) is 5.11 Å². The zero-order valence-corrected chi connectivity index (χ0v) is 12.3. The molecular weight excluding hydrogens is 284 g/mol. The monoisotopic (exact) mass is 298 g/mol. The van der Waals surface area contributed by atoms with Crippen molar-refractivity contribution < 1.29 is 5.11 Å². The quantitative estimate of drug-likeness (QED) is 0.860. The van der Waals surface area contributed by atoms with E-state index in [4.69, 9.17) is 11.6 Å². The van der Waals surface area contributed by atoms with Gasteiger partial charge in [-0.15, -0.1) is 5.10 Å². The summed E-state index contributed by atoms with van der Waals surface area (Å²) in [6.07, 6.45) is -0.643. The van der Waals surface area contributed by atoms with Gasteiger partial charge in [0, 0.05) is 10.8 Å². The minimum absolute atomic E-state index is 0.190. The zero-order valence-electron chi connectivity index (χ0n) is 10.7. The fraction of sp³-hybridized carbons (Fsp3) is 0.417. The molecule has 1 N–H and O–H groups in total. The minimum Gasteiger partial charge on any atom is -0.387 e. The summed E-state index contributed by atoms with van der Waals surface area (Å²) in [6.45, 7) is 4.01. The fourth-order valence-electron chi connectivity index (χ4n) is 1.59. The van der Waals surface area contributed by atoms with Gasteiger partial charge in [0.2, 0.25) is 5.16 Å². The first-order valence-electron chi connectivity index (χ1n) is 5.92. The van der Waals surface area contributed by atoms with Gasteiger partial charge in [-0.1, -0.05) is 41.6 Å². The SMILES string of the molecule is CC(C)n1nnnc1SCC(O)c1ccccc1Cl. The highest BCUT2D eigenvalue weighted by Crippen LogP contribution is 2.28. The second kappa shape index (κ2) is 6.36. The number of aliphatic hydroxyl groups excluding tert-OH is 1. The normalized spacial score (nSPS) is 12.9. The van der Waals surface area contributed by atoms with Crippen LogP contribution in [0.15, 0.2) is 29.4 Å². The molecule has 0 aliphatic rings. The number of thioether (sulfide) groups is 1. The number of tetrazole rings is 1. The Bertz CT molecular complexity index is 546. The van der Waals surface area contributed by atoms with Gasteiger partial charge in [0.1, 0.15) is 0 Å². The van der Waals surface area contributed by atoms with E-state index in [0.717, 1.165) is 5.56 Å². The van der Waals surface area contributed by atoms with Crippen molar-refractivity contribution >= 4 is 23.4 Å². The van der Waals surface area contributed by atoms with Crippen molar-refractivity contribution in [3.05, 3.63) is 34.9 Å². The summed E-state index contributed by atoms with van der Waals surface area (Å²) >= 11 is 7.46. The van der Waals surface area contributed by atoms with Crippen LogP contribution in [-0.2, 0) is 0 Å². The lowest BCUT2D eigenvalue weighted by molar-refractivity contribution is 0.204. The van der Waals surface area contributed by atoms with Crippen molar-refractivity contribution in [3.63, 3.8) is 0 Å². The van der Waals surface area contributed by atoms with Crippen LogP contribution in [0, 0.1) is 0 Å². The van der Waals surface area contributed by atoms with Crippen LogP contribution in [0.5, 0.6) is 0 Å². The maximum atomic E-state index is 10.1. The number of hydrogen-bond acceptors (Lipinski definition) is 5. The van der Waals surface area contributed by atoms with Gasteiger partial charge in [-0.25, -0.2) is 4.68 Å². The average molecular weight is 299 g/mol. The highest BCUT2D eigenvalue weighted by atomic mass is 35.5. The van der Waals surface area contributed by atoms with E-state index in [1.165, 1.54) is 11.8 Å². The molecule has 0 saturated carbocycles. The summed E-state index contributed by atoms with van der Waals surface area (Å²) in [5, 5.41) is 22.9. The molecule has 0 aliphatic heterocycles. The van der Waals surface area contributed by atoms with Crippen LogP contribution < -0.4 is 0 Å². The van der Waals surface area contributed by atoms with E-state index >= 15 is 0 Å². The van der Waals surface area contributed by atoms with Crippen molar-refractivity contribution in [3.8, 4) is 0 Å². The molecule has 19 heavy (non-hydrogen) atoms. The summed E-state index contributed by atoms with van der Waals surface area (Å²) in [6, 6.07) is 7.47. The zero-order chi connectivity index (χ0) is 13.8. The van der Waals surface area contributed by atoms with Gasteiger partial charge in [0.25, 0.3) is 0 Å². The molecule has 5 nitrogen and oxygen atoms in total. The van der Waals surface area contributed by atoms with Crippen molar-refractivity contribution in [1.82, 2.24) is 20.2 Å². The van der Waals surface area contributed by atoms with Gasteiger partial charge in [0.05, 0.1) is 12.1 Å². The van der Waals surface area contributed by atoms with Gasteiger partial charge in [0.15, 0.2) is 0 Å². The van der Waals surface area contributed by atoms with Crippen molar-refractivity contribution in [2.45, 2.75) is 31.1 Å². The molecule has 1 aromatic carbocycles. The van der Waals surface area contributed by atoms with Crippen LogP contribution in [0.1, 0.15) is 31.6 Å². The Kier molecular flexibility index (Phi) is 4.79. The predicted octanol–water partition coefficient (Wildman–Crippen LogP) is 2.73. The Morgan fingerprint density at radius 3 is 2.79 bits per heavy atom. The van der Waals surface area contributed by atoms with E-state index in [1.54, 1.807) is 10.7 Å². The Morgan fingerprint density at radius 2 is 2.11 bits per heavy atom. The first-order chi connectivity index (χ1) is 9.09. The Morgan fingerprint density at radius 1 is 1.37 bits per heavy atom. The Balaban J connectivity index is 2.03. The molecule has 0 spiro atoms. The van der Waals surface area contributed by atoms with Gasteiger partial charge < -0.3 is 5.11 Å². The first-order valence-corrected chi connectivity index (χ1v) is 7.29. The van der Waals surface area contributed by atoms with E-state index < -0.39 is 6.10 Å². The molecule has 1 heterocycles.